The fraction of sp³-hybridized carbons (Fsp3) is 0.182. The van der Waals surface area contributed by atoms with Crippen LogP contribution in [-0.2, 0) is 12.7 Å². The maximum absolute atomic E-state index is 13.1. The van der Waals surface area contributed by atoms with E-state index in [0.717, 1.165) is 12.1 Å². The van der Waals surface area contributed by atoms with Crippen LogP contribution in [0.15, 0.2) is 30.7 Å². The number of hydrogen-bond donors (Lipinski definition) is 1. The van der Waals surface area contributed by atoms with Gasteiger partial charge in [-0.05, 0) is 18.2 Å². The molecule has 2 N–H and O–H groups in total. The second-order valence-electron chi connectivity index (χ2n) is 3.62. The number of aromatic nitrogens is 2. The van der Waals surface area contributed by atoms with E-state index in [0.29, 0.717) is 5.69 Å². The maximum atomic E-state index is 13.1. The van der Waals surface area contributed by atoms with Gasteiger partial charge in [0.1, 0.15) is 5.82 Å². The molecule has 0 atom stereocenters. The summed E-state index contributed by atoms with van der Waals surface area (Å²) in [6.45, 7) is 0.124. The largest absolute Gasteiger partial charge is 0.419 e. The van der Waals surface area contributed by atoms with E-state index in [1.54, 1.807) is 0 Å². The third kappa shape index (κ3) is 2.21. The number of benzene rings is 1. The Balaban J connectivity index is 2.54. The molecule has 1 heterocycles. The van der Waals surface area contributed by atoms with Crippen LogP contribution in [0.3, 0.4) is 0 Å². The van der Waals surface area contributed by atoms with Gasteiger partial charge in [-0.15, -0.1) is 0 Å². The molecule has 0 unspecified atom stereocenters. The summed E-state index contributed by atoms with van der Waals surface area (Å²) in [5, 5.41) is 0. The molecule has 0 saturated carbocycles. The third-order valence-electron chi connectivity index (χ3n) is 2.46. The number of nitrogens with zero attached hydrogens (tertiary/aromatic N) is 2. The molecule has 0 aliphatic heterocycles. The molecule has 0 fully saturated rings. The lowest BCUT2D eigenvalue weighted by molar-refractivity contribution is -0.140. The molecule has 2 aromatic rings. The van der Waals surface area contributed by atoms with Crippen molar-refractivity contribution >= 4 is 0 Å². The standard InChI is InChI=1S/C11H9F4N3/c12-10-2-1-7(3-9(10)11(13,14)15)18-6-17-5-8(18)4-16/h1-3,5-6H,4,16H2. The van der Waals surface area contributed by atoms with Gasteiger partial charge in [0.05, 0.1) is 17.6 Å². The Bertz CT molecular complexity index is 560. The molecule has 2 rings (SSSR count). The first-order valence-corrected chi connectivity index (χ1v) is 5.02. The summed E-state index contributed by atoms with van der Waals surface area (Å²) in [7, 11) is 0. The zero-order valence-corrected chi connectivity index (χ0v) is 9.08. The van der Waals surface area contributed by atoms with Crippen LogP contribution in [0.2, 0.25) is 0 Å². The van der Waals surface area contributed by atoms with Crippen molar-refractivity contribution < 1.29 is 17.6 Å². The van der Waals surface area contributed by atoms with Gasteiger partial charge in [-0.3, -0.25) is 0 Å². The molecule has 3 nitrogen and oxygen atoms in total. The van der Waals surface area contributed by atoms with E-state index in [-0.39, 0.29) is 12.2 Å². The highest BCUT2D eigenvalue weighted by molar-refractivity contribution is 5.39. The van der Waals surface area contributed by atoms with Crippen LogP contribution in [-0.4, -0.2) is 9.55 Å². The lowest BCUT2D eigenvalue weighted by Gasteiger charge is -2.12. The van der Waals surface area contributed by atoms with Crippen molar-refractivity contribution in [3.8, 4) is 5.69 Å². The predicted octanol–water partition coefficient (Wildman–Crippen LogP) is 2.49. The summed E-state index contributed by atoms with van der Waals surface area (Å²) in [6.07, 6.45) is -1.96. The number of nitrogens with two attached hydrogens (primary N) is 1. The molecule has 0 amide bonds. The Morgan fingerprint density at radius 2 is 2.00 bits per heavy atom. The van der Waals surface area contributed by atoms with Crippen molar-refractivity contribution in [1.29, 1.82) is 0 Å². The first kappa shape index (κ1) is 12.6. The van der Waals surface area contributed by atoms with E-state index >= 15 is 0 Å². The molecule has 0 bridgehead atoms. The number of alkyl halides is 3. The lowest BCUT2D eigenvalue weighted by Crippen LogP contribution is -2.10. The highest BCUT2D eigenvalue weighted by atomic mass is 19.4. The summed E-state index contributed by atoms with van der Waals surface area (Å²) in [6, 6.07) is 2.75. The lowest BCUT2D eigenvalue weighted by atomic mass is 10.1. The fourth-order valence-electron chi connectivity index (χ4n) is 1.59. The van der Waals surface area contributed by atoms with Crippen molar-refractivity contribution in [3.63, 3.8) is 0 Å². The van der Waals surface area contributed by atoms with Gasteiger partial charge in [0.2, 0.25) is 0 Å². The van der Waals surface area contributed by atoms with Crippen molar-refractivity contribution in [2.75, 3.05) is 0 Å². The Morgan fingerprint density at radius 1 is 1.28 bits per heavy atom. The van der Waals surface area contributed by atoms with Crippen molar-refractivity contribution in [1.82, 2.24) is 9.55 Å². The SMILES string of the molecule is NCc1cncn1-c1ccc(F)c(C(F)(F)F)c1. The third-order valence-corrected chi connectivity index (χ3v) is 2.46. The monoisotopic (exact) mass is 259 g/mol. The first-order chi connectivity index (χ1) is 8.43. The van der Waals surface area contributed by atoms with Crippen molar-refractivity contribution in [2.24, 2.45) is 5.73 Å². The molecular formula is C11H9F4N3. The summed E-state index contributed by atoms with van der Waals surface area (Å²) < 4.78 is 52.2. The first-order valence-electron chi connectivity index (χ1n) is 5.02. The van der Waals surface area contributed by atoms with E-state index in [2.05, 4.69) is 4.98 Å². The Hall–Kier alpha value is -1.89. The minimum atomic E-state index is -4.73. The quantitative estimate of drug-likeness (QED) is 0.842. The van der Waals surface area contributed by atoms with Crippen LogP contribution in [0.5, 0.6) is 0 Å². The van der Waals surface area contributed by atoms with Crippen LogP contribution in [0.1, 0.15) is 11.3 Å². The molecule has 0 aliphatic rings. The minimum Gasteiger partial charge on any atom is -0.325 e. The van der Waals surface area contributed by atoms with E-state index in [9.17, 15) is 17.6 Å². The van der Waals surface area contributed by atoms with Crippen LogP contribution >= 0.6 is 0 Å². The average Bonchev–Trinajstić information content (AvgIpc) is 2.76. The van der Waals surface area contributed by atoms with Crippen molar-refractivity contribution in [2.45, 2.75) is 12.7 Å². The summed E-state index contributed by atoms with van der Waals surface area (Å²) in [5.74, 6) is -1.30. The van der Waals surface area contributed by atoms with Crippen LogP contribution in [0, 0.1) is 5.82 Å². The molecule has 1 aromatic carbocycles. The minimum absolute atomic E-state index is 0.124. The van der Waals surface area contributed by atoms with Gasteiger partial charge in [-0.25, -0.2) is 9.37 Å². The maximum Gasteiger partial charge on any atom is 0.419 e. The van der Waals surface area contributed by atoms with Gasteiger partial charge in [0.25, 0.3) is 0 Å². The molecule has 1 aromatic heterocycles. The van der Waals surface area contributed by atoms with Gasteiger partial charge < -0.3 is 10.3 Å². The molecule has 18 heavy (non-hydrogen) atoms. The Kier molecular flexibility index (Phi) is 3.08. The summed E-state index contributed by atoms with van der Waals surface area (Å²) >= 11 is 0. The molecule has 0 aliphatic carbocycles. The molecular weight excluding hydrogens is 250 g/mol. The molecule has 0 saturated heterocycles. The predicted molar refractivity (Wildman–Crippen MR) is 56.4 cm³/mol. The van der Waals surface area contributed by atoms with Gasteiger partial charge in [0.15, 0.2) is 0 Å². The van der Waals surface area contributed by atoms with Crippen LogP contribution < -0.4 is 5.73 Å². The topological polar surface area (TPSA) is 43.8 Å². The summed E-state index contributed by atoms with van der Waals surface area (Å²) in [4.78, 5) is 3.79. The van der Waals surface area contributed by atoms with Crippen LogP contribution in [0.25, 0.3) is 5.69 Å². The zero-order valence-electron chi connectivity index (χ0n) is 9.08. The number of halogens is 4. The average molecular weight is 259 g/mol. The van der Waals surface area contributed by atoms with E-state index in [1.807, 2.05) is 0 Å². The normalized spacial score (nSPS) is 11.8. The van der Waals surface area contributed by atoms with Gasteiger partial charge in [0, 0.05) is 18.4 Å². The van der Waals surface area contributed by atoms with E-state index in [1.165, 1.54) is 23.2 Å². The second-order valence-corrected chi connectivity index (χ2v) is 3.62. The van der Waals surface area contributed by atoms with Gasteiger partial charge >= 0.3 is 6.18 Å². The molecule has 96 valence electrons. The zero-order chi connectivity index (χ0) is 13.3. The van der Waals surface area contributed by atoms with E-state index in [4.69, 9.17) is 5.73 Å². The molecule has 0 spiro atoms. The number of imidazole rings is 1. The molecule has 7 heteroatoms. The number of rotatable bonds is 2. The Morgan fingerprint density at radius 3 is 2.61 bits per heavy atom. The van der Waals surface area contributed by atoms with Gasteiger partial charge in [-0.1, -0.05) is 0 Å². The van der Waals surface area contributed by atoms with Crippen molar-refractivity contribution in [3.05, 3.63) is 47.8 Å². The van der Waals surface area contributed by atoms with Crippen LogP contribution in [0.4, 0.5) is 17.6 Å². The van der Waals surface area contributed by atoms with E-state index < -0.39 is 17.6 Å². The summed E-state index contributed by atoms with van der Waals surface area (Å²) in [5.41, 5.74) is 4.83. The molecule has 0 radical (unpaired) electrons. The number of hydrogen-bond acceptors (Lipinski definition) is 2. The Labute approximate surface area is 99.9 Å². The highest BCUT2D eigenvalue weighted by Gasteiger charge is 2.34. The highest BCUT2D eigenvalue weighted by Crippen LogP contribution is 2.32. The smallest absolute Gasteiger partial charge is 0.325 e. The van der Waals surface area contributed by atoms with Gasteiger partial charge in [-0.2, -0.15) is 13.2 Å². The fourth-order valence-corrected chi connectivity index (χ4v) is 1.59. The second kappa shape index (κ2) is 4.41.